The molecule has 0 radical (unpaired) electrons. The van der Waals surface area contributed by atoms with Crippen LogP contribution in [0.25, 0.3) is 0 Å². The van der Waals surface area contributed by atoms with E-state index < -0.39 is 5.97 Å². The lowest BCUT2D eigenvalue weighted by Gasteiger charge is -2.29. The van der Waals surface area contributed by atoms with Crippen molar-refractivity contribution in [2.45, 2.75) is 38.7 Å². The molecule has 1 saturated carbocycles. The molecule has 0 aromatic heterocycles. The monoisotopic (exact) mass is 345 g/mol. The van der Waals surface area contributed by atoms with Gasteiger partial charge in [-0.15, -0.1) is 0 Å². The molecule has 1 amide bonds. The Morgan fingerprint density at radius 2 is 1.88 bits per heavy atom. The molecular weight excluding hydrogens is 318 g/mol. The predicted molar refractivity (Wildman–Crippen MR) is 93.9 cm³/mol. The van der Waals surface area contributed by atoms with E-state index in [-0.39, 0.29) is 17.7 Å². The lowest BCUT2D eigenvalue weighted by Crippen LogP contribution is -2.38. The zero-order valence-corrected chi connectivity index (χ0v) is 14.6. The predicted octanol–water partition coefficient (Wildman–Crippen LogP) is 2.94. The van der Waals surface area contributed by atoms with Gasteiger partial charge in [-0.1, -0.05) is 36.8 Å². The number of likely N-dealkylation sites (tertiary alicyclic amines) is 1. The fraction of sp³-hybridized carbons (Fsp3) is 0.600. The first-order valence-corrected chi connectivity index (χ1v) is 9.26. The fourth-order valence-corrected chi connectivity index (χ4v) is 3.98. The molecule has 0 unspecified atom stereocenters. The second kappa shape index (κ2) is 8.48. The SMILES string of the molecule is O=C(O)[C@@H]1CCC[C@H](C(=O)N2CC[C@H](COCc3ccccc3)C2)C1. The number of rotatable bonds is 6. The molecule has 3 rings (SSSR count). The molecule has 1 aromatic carbocycles. The van der Waals surface area contributed by atoms with Crippen molar-refractivity contribution in [3.8, 4) is 0 Å². The minimum absolute atomic E-state index is 0.112. The van der Waals surface area contributed by atoms with Gasteiger partial charge in [-0.3, -0.25) is 9.59 Å². The normalized spacial score (nSPS) is 26.6. The Labute approximate surface area is 149 Å². The highest BCUT2D eigenvalue weighted by atomic mass is 16.5. The summed E-state index contributed by atoms with van der Waals surface area (Å²) in [5, 5.41) is 9.19. The highest BCUT2D eigenvalue weighted by molar-refractivity contribution is 5.80. The van der Waals surface area contributed by atoms with Crippen molar-refractivity contribution in [2.75, 3.05) is 19.7 Å². The lowest BCUT2D eigenvalue weighted by atomic mass is 9.81. The maximum Gasteiger partial charge on any atom is 0.306 e. The quantitative estimate of drug-likeness (QED) is 0.861. The van der Waals surface area contributed by atoms with Crippen LogP contribution in [0.2, 0.25) is 0 Å². The minimum atomic E-state index is -0.758. The minimum Gasteiger partial charge on any atom is -0.481 e. The number of nitrogens with zero attached hydrogens (tertiary/aromatic N) is 1. The van der Waals surface area contributed by atoms with Crippen LogP contribution in [-0.4, -0.2) is 41.6 Å². The Bertz CT molecular complexity index is 589. The number of benzene rings is 1. The molecule has 1 aliphatic heterocycles. The number of hydrogen-bond acceptors (Lipinski definition) is 3. The van der Waals surface area contributed by atoms with Gasteiger partial charge in [0.1, 0.15) is 0 Å². The van der Waals surface area contributed by atoms with Gasteiger partial charge < -0.3 is 14.7 Å². The molecule has 3 atom stereocenters. The van der Waals surface area contributed by atoms with Gasteiger partial charge in [-0.2, -0.15) is 0 Å². The molecular formula is C20H27NO4. The van der Waals surface area contributed by atoms with Crippen molar-refractivity contribution >= 4 is 11.9 Å². The first-order chi connectivity index (χ1) is 12.1. The van der Waals surface area contributed by atoms with Crippen molar-refractivity contribution in [1.29, 1.82) is 0 Å². The smallest absolute Gasteiger partial charge is 0.306 e. The van der Waals surface area contributed by atoms with Gasteiger partial charge >= 0.3 is 5.97 Å². The van der Waals surface area contributed by atoms with Crippen molar-refractivity contribution in [3.63, 3.8) is 0 Å². The number of carboxylic acid groups (broad SMARTS) is 1. The summed E-state index contributed by atoms with van der Waals surface area (Å²) in [6.45, 7) is 2.78. The van der Waals surface area contributed by atoms with Crippen LogP contribution in [0, 0.1) is 17.8 Å². The van der Waals surface area contributed by atoms with Gasteiger partial charge in [0.05, 0.1) is 19.1 Å². The van der Waals surface area contributed by atoms with Crippen molar-refractivity contribution < 1.29 is 19.4 Å². The van der Waals surface area contributed by atoms with Crippen LogP contribution in [0.3, 0.4) is 0 Å². The lowest BCUT2D eigenvalue weighted by molar-refractivity contribution is -0.145. The van der Waals surface area contributed by atoms with Crippen LogP contribution in [0.5, 0.6) is 0 Å². The second-order valence-corrected chi connectivity index (χ2v) is 7.34. The molecule has 1 N–H and O–H groups in total. The molecule has 0 spiro atoms. The molecule has 5 nitrogen and oxygen atoms in total. The molecule has 2 aliphatic rings. The van der Waals surface area contributed by atoms with Gasteiger partial charge in [0, 0.05) is 24.9 Å². The summed E-state index contributed by atoms with van der Waals surface area (Å²) in [5.74, 6) is -0.691. The van der Waals surface area contributed by atoms with E-state index in [1.165, 1.54) is 0 Å². The van der Waals surface area contributed by atoms with Crippen LogP contribution in [0.15, 0.2) is 30.3 Å². The van der Waals surface area contributed by atoms with Gasteiger partial charge in [0.25, 0.3) is 0 Å². The van der Waals surface area contributed by atoms with E-state index in [0.29, 0.717) is 32.0 Å². The Morgan fingerprint density at radius 3 is 2.64 bits per heavy atom. The number of ether oxygens (including phenoxy) is 1. The number of carbonyl (C=O) groups is 2. The standard InChI is InChI=1S/C20H27NO4/c22-19(17-7-4-8-18(11-17)20(23)24)21-10-9-16(12-21)14-25-13-15-5-2-1-3-6-15/h1-3,5-6,16-18H,4,7-14H2,(H,23,24)/t16-,17-,18+/m0/s1. The molecule has 1 aliphatic carbocycles. The highest BCUT2D eigenvalue weighted by Crippen LogP contribution is 2.32. The van der Waals surface area contributed by atoms with Crippen LogP contribution in [-0.2, 0) is 20.9 Å². The molecule has 1 saturated heterocycles. The molecule has 5 heteroatoms. The first-order valence-electron chi connectivity index (χ1n) is 9.26. The fourth-order valence-electron chi connectivity index (χ4n) is 3.98. The first kappa shape index (κ1) is 17.9. The summed E-state index contributed by atoms with van der Waals surface area (Å²) >= 11 is 0. The van der Waals surface area contributed by atoms with Crippen molar-refractivity contribution in [2.24, 2.45) is 17.8 Å². The number of carboxylic acids is 1. The molecule has 0 bridgehead atoms. The van der Waals surface area contributed by atoms with Gasteiger partial charge in [-0.05, 0) is 31.2 Å². The summed E-state index contributed by atoms with van der Waals surface area (Å²) < 4.78 is 5.81. The van der Waals surface area contributed by atoms with E-state index in [4.69, 9.17) is 4.74 Å². The summed E-state index contributed by atoms with van der Waals surface area (Å²) in [7, 11) is 0. The Hall–Kier alpha value is -1.88. The Balaban J connectivity index is 1.42. The summed E-state index contributed by atoms with van der Waals surface area (Å²) in [6, 6.07) is 10.1. The van der Waals surface area contributed by atoms with Crippen LogP contribution >= 0.6 is 0 Å². The van der Waals surface area contributed by atoms with E-state index in [9.17, 15) is 14.7 Å². The summed E-state index contributed by atoms with van der Waals surface area (Å²) in [4.78, 5) is 25.8. The van der Waals surface area contributed by atoms with Gasteiger partial charge in [0.2, 0.25) is 5.91 Å². The molecule has 25 heavy (non-hydrogen) atoms. The van der Waals surface area contributed by atoms with E-state index in [2.05, 4.69) is 0 Å². The third-order valence-electron chi connectivity index (χ3n) is 5.44. The third kappa shape index (κ3) is 4.82. The third-order valence-corrected chi connectivity index (χ3v) is 5.44. The Morgan fingerprint density at radius 1 is 1.12 bits per heavy atom. The van der Waals surface area contributed by atoms with Gasteiger partial charge in [-0.25, -0.2) is 0 Å². The highest BCUT2D eigenvalue weighted by Gasteiger charge is 2.35. The number of amides is 1. The zero-order chi connectivity index (χ0) is 17.6. The van der Waals surface area contributed by atoms with E-state index in [1.54, 1.807) is 0 Å². The average molecular weight is 345 g/mol. The molecule has 1 heterocycles. The van der Waals surface area contributed by atoms with E-state index >= 15 is 0 Å². The number of hydrogen-bond donors (Lipinski definition) is 1. The second-order valence-electron chi connectivity index (χ2n) is 7.34. The van der Waals surface area contributed by atoms with Crippen molar-refractivity contribution in [3.05, 3.63) is 35.9 Å². The average Bonchev–Trinajstić information content (AvgIpc) is 3.11. The summed E-state index contributed by atoms with van der Waals surface area (Å²) in [6.07, 6.45) is 3.84. The molecule has 136 valence electrons. The zero-order valence-electron chi connectivity index (χ0n) is 14.6. The van der Waals surface area contributed by atoms with Crippen LogP contribution in [0.4, 0.5) is 0 Å². The topological polar surface area (TPSA) is 66.8 Å². The van der Waals surface area contributed by atoms with Gasteiger partial charge in [0.15, 0.2) is 0 Å². The largest absolute Gasteiger partial charge is 0.481 e. The number of aliphatic carboxylic acids is 1. The Kier molecular flexibility index (Phi) is 6.08. The summed E-state index contributed by atoms with van der Waals surface area (Å²) in [5.41, 5.74) is 1.16. The van der Waals surface area contributed by atoms with E-state index in [1.807, 2.05) is 35.2 Å². The maximum atomic E-state index is 12.7. The van der Waals surface area contributed by atoms with Crippen LogP contribution in [0.1, 0.15) is 37.7 Å². The maximum absolute atomic E-state index is 12.7. The van der Waals surface area contributed by atoms with E-state index in [0.717, 1.165) is 37.9 Å². The molecule has 1 aromatic rings. The molecule has 2 fully saturated rings. The van der Waals surface area contributed by atoms with Crippen molar-refractivity contribution in [1.82, 2.24) is 4.90 Å². The van der Waals surface area contributed by atoms with Crippen LogP contribution < -0.4 is 0 Å². The number of carbonyl (C=O) groups excluding carboxylic acids is 1.